The molecule has 1 heterocycles. The first-order chi connectivity index (χ1) is 11.1. The predicted octanol–water partition coefficient (Wildman–Crippen LogP) is 4.56. The van der Waals surface area contributed by atoms with Gasteiger partial charge in [-0.05, 0) is 29.5 Å². The van der Waals surface area contributed by atoms with E-state index in [9.17, 15) is 14.5 Å². The molecule has 5 heteroatoms. The van der Waals surface area contributed by atoms with Gasteiger partial charge in [0, 0.05) is 18.1 Å². The van der Waals surface area contributed by atoms with Crippen molar-refractivity contribution in [2.45, 2.75) is 18.4 Å². The Morgan fingerprint density at radius 3 is 2.70 bits per heavy atom. The number of allylic oxidation sites excluding steroid dienone is 2. The lowest BCUT2D eigenvalue weighted by Gasteiger charge is -2.37. The first-order valence-corrected chi connectivity index (χ1v) is 7.61. The lowest BCUT2D eigenvalue weighted by molar-refractivity contribution is -0.384. The summed E-state index contributed by atoms with van der Waals surface area (Å²) in [5.74, 6) is 0.223. The number of halogens is 1. The molecule has 23 heavy (non-hydrogen) atoms. The average molecular weight is 310 g/mol. The zero-order chi connectivity index (χ0) is 16.0. The standard InChI is InChI=1S/C18H15FN2O2/c19-16-6-2-5-15-13-3-1-4-14(13)17(20-18(15)16)11-7-9-12(10-8-11)21(22)23/h1-3,5-10,13-14,17,20H,4H2/t13-,14-,17+/m0/s1. The summed E-state index contributed by atoms with van der Waals surface area (Å²) in [7, 11) is 0. The van der Waals surface area contributed by atoms with Gasteiger partial charge in [-0.25, -0.2) is 4.39 Å². The fourth-order valence-corrected chi connectivity index (χ4v) is 3.72. The Morgan fingerprint density at radius 1 is 1.17 bits per heavy atom. The molecule has 0 bridgehead atoms. The molecule has 116 valence electrons. The van der Waals surface area contributed by atoms with Crippen LogP contribution in [0, 0.1) is 21.8 Å². The number of hydrogen-bond acceptors (Lipinski definition) is 3. The SMILES string of the molecule is O=[N+]([O-])c1ccc([C@H]2Nc3c(F)cccc3[C@H]3C=CC[C@@H]32)cc1. The smallest absolute Gasteiger partial charge is 0.269 e. The highest BCUT2D eigenvalue weighted by atomic mass is 19.1. The van der Waals surface area contributed by atoms with Crippen LogP contribution in [0.15, 0.2) is 54.6 Å². The van der Waals surface area contributed by atoms with Crippen molar-refractivity contribution in [3.8, 4) is 0 Å². The third kappa shape index (κ3) is 2.20. The maximum absolute atomic E-state index is 14.2. The average Bonchev–Trinajstić information content (AvgIpc) is 3.04. The van der Waals surface area contributed by atoms with Crippen LogP contribution < -0.4 is 5.32 Å². The molecule has 0 amide bonds. The molecule has 0 unspecified atom stereocenters. The molecule has 0 aromatic heterocycles. The van der Waals surface area contributed by atoms with E-state index in [0.29, 0.717) is 11.6 Å². The van der Waals surface area contributed by atoms with Crippen molar-refractivity contribution in [3.63, 3.8) is 0 Å². The lowest BCUT2D eigenvalue weighted by Crippen LogP contribution is -2.29. The van der Waals surface area contributed by atoms with E-state index in [1.807, 2.05) is 6.07 Å². The summed E-state index contributed by atoms with van der Waals surface area (Å²) in [5.41, 5.74) is 2.55. The largest absolute Gasteiger partial charge is 0.375 e. The van der Waals surface area contributed by atoms with Gasteiger partial charge in [0.25, 0.3) is 5.69 Å². The van der Waals surface area contributed by atoms with Gasteiger partial charge in [0.1, 0.15) is 5.82 Å². The van der Waals surface area contributed by atoms with E-state index in [2.05, 4.69) is 17.5 Å². The molecule has 0 fully saturated rings. The van der Waals surface area contributed by atoms with Gasteiger partial charge in [-0.15, -0.1) is 0 Å². The number of nitrogens with one attached hydrogen (secondary N) is 1. The number of rotatable bonds is 2. The summed E-state index contributed by atoms with van der Waals surface area (Å²) >= 11 is 0. The summed E-state index contributed by atoms with van der Waals surface area (Å²) < 4.78 is 14.2. The van der Waals surface area contributed by atoms with Gasteiger partial charge in [-0.3, -0.25) is 10.1 Å². The van der Waals surface area contributed by atoms with Gasteiger partial charge < -0.3 is 5.32 Å². The van der Waals surface area contributed by atoms with E-state index in [1.54, 1.807) is 18.2 Å². The van der Waals surface area contributed by atoms with E-state index in [0.717, 1.165) is 17.5 Å². The zero-order valence-corrected chi connectivity index (χ0v) is 12.3. The third-order valence-electron chi connectivity index (χ3n) is 4.81. The van der Waals surface area contributed by atoms with Gasteiger partial charge >= 0.3 is 0 Å². The van der Waals surface area contributed by atoms with Crippen molar-refractivity contribution < 1.29 is 9.31 Å². The van der Waals surface area contributed by atoms with Gasteiger partial charge in [-0.1, -0.05) is 36.4 Å². The highest BCUT2D eigenvalue weighted by Gasteiger charge is 2.38. The quantitative estimate of drug-likeness (QED) is 0.502. The van der Waals surface area contributed by atoms with Crippen LogP contribution in [0.2, 0.25) is 0 Å². The van der Waals surface area contributed by atoms with Crippen LogP contribution in [0.3, 0.4) is 0 Å². The molecule has 2 aromatic rings. The summed E-state index contributed by atoms with van der Waals surface area (Å²) in [4.78, 5) is 10.4. The third-order valence-corrected chi connectivity index (χ3v) is 4.81. The number of hydrogen-bond donors (Lipinski definition) is 1. The molecule has 1 N–H and O–H groups in total. The van der Waals surface area contributed by atoms with Crippen molar-refractivity contribution in [2.75, 3.05) is 5.32 Å². The van der Waals surface area contributed by atoms with E-state index in [-0.39, 0.29) is 23.5 Å². The minimum Gasteiger partial charge on any atom is -0.375 e. The molecule has 2 aromatic carbocycles. The van der Waals surface area contributed by atoms with Crippen LogP contribution in [-0.4, -0.2) is 4.92 Å². The van der Waals surface area contributed by atoms with Crippen molar-refractivity contribution in [1.82, 2.24) is 0 Å². The summed E-state index contributed by atoms with van der Waals surface area (Å²) in [6, 6.07) is 11.6. The molecular formula is C18H15FN2O2. The monoisotopic (exact) mass is 310 g/mol. The molecule has 4 rings (SSSR count). The Kier molecular flexibility index (Phi) is 3.15. The van der Waals surface area contributed by atoms with Crippen LogP contribution in [0.4, 0.5) is 15.8 Å². The van der Waals surface area contributed by atoms with Crippen molar-refractivity contribution in [1.29, 1.82) is 0 Å². The van der Waals surface area contributed by atoms with Gasteiger partial charge in [-0.2, -0.15) is 0 Å². The fraction of sp³-hybridized carbons (Fsp3) is 0.222. The topological polar surface area (TPSA) is 55.2 Å². The number of anilines is 1. The van der Waals surface area contributed by atoms with Crippen molar-refractivity contribution in [3.05, 3.63) is 81.7 Å². The fourth-order valence-electron chi connectivity index (χ4n) is 3.72. The number of nitro benzene ring substituents is 1. The maximum atomic E-state index is 14.2. The van der Waals surface area contributed by atoms with Crippen LogP contribution in [0.1, 0.15) is 29.5 Å². The maximum Gasteiger partial charge on any atom is 0.269 e. The van der Waals surface area contributed by atoms with Crippen molar-refractivity contribution in [2.24, 2.45) is 5.92 Å². The summed E-state index contributed by atoms with van der Waals surface area (Å²) in [6.07, 6.45) is 5.19. The number of para-hydroxylation sites is 1. The van der Waals surface area contributed by atoms with Crippen LogP contribution in [-0.2, 0) is 0 Å². The number of fused-ring (bicyclic) bond motifs is 3. The van der Waals surface area contributed by atoms with E-state index in [4.69, 9.17) is 0 Å². The molecule has 0 radical (unpaired) electrons. The Morgan fingerprint density at radius 2 is 1.96 bits per heavy atom. The molecule has 3 atom stereocenters. The second-order valence-electron chi connectivity index (χ2n) is 6.03. The molecule has 2 aliphatic rings. The second-order valence-corrected chi connectivity index (χ2v) is 6.03. The van der Waals surface area contributed by atoms with Gasteiger partial charge in [0.05, 0.1) is 16.7 Å². The minimum atomic E-state index is -0.410. The van der Waals surface area contributed by atoms with E-state index in [1.165, 1.54) is 18.2 Å². The molecule has 4 nitrogen and oxygen atoms in total. The van der Waals surface area contributed by atoms with Crippen LogP contribution in [0.25, 0.3) is 0 Å². The lowest BCUT2D eigenvalue weighted by atomic mass is 9.77. The highest BCUT2D eigenvalue weighted by molar-refractivity contribution is 5.60. The number of benzene rings is 2. The van der Waals surface area contributed by atoms with E-state index < -0.39 is 4.92 Å². The first kappa shape index (κ1) is 13.9. The van der Waals surface area contributed by atoms with Gasteiger partial charge in [0.2, 0.25) is 0 Å². The number of nitro groups is 1. The molecular weight excluding hydrogens is 295 g/mol. The normalized spacial score (nSPS) is 24.7. The molecule has 0 saturated carbocycles. The Hall–Kier alpha value is -2.69. The Balaban J connectivity index is 1.75. The molecule has 1 aliphatic carbocycles. The first-order valence-electron chi connectivity index (χ1n) is 7.61. The second kappa shape index (κ2) is 5.19. The number of non-ortho nitro benzene ring substituents is 1. The van der Waals surface area contributed by atoms with E-state index >= 15 is 0 Å². The Bertz CT molecular complexity index is 801. The molecule has 0 spiro atoms. The molecule has 1 aliphatic heterocycles. The summed E-state index contributed by atoms with van der Waals surface area (Å²) in [6.45, 7) is 0. The van der Waals surface area contributed by atoms with Crippen LogP contribution in [0.5, 0.6) is 0 Å². The Labute approximate surface area is 132 Å². The summed E-state index contributed by atoms with van der Waals surface area (Å²) in [5, 5.41) is 14.1. The highest BCUT2D eigenvalue weighted by Crippen LogP contribution is 2.50. The zero-order valence-electron chi connectivity index (χ0n) is 12.3. The van der Waals surface area contributed by atoms with Crippen molar-refractivity contribution >= 4 is 11.4 Å². The van der Waals surface area contributed by atoms with Crippen LogP contribution >= 0.6 is 0 Å². The van der Waals surface area contributed by atoms with Gasteiger partial charge in [0.15, 0.2) is 0 Å². The predicted molar refractivity (Wildman–Crippen MR) is 85.8 cm³/mol. The molecule has 0 saturated heterocycles. The minimum absolute atomic E-state index is 0.0554. The number of nitrogens with zero attached hydrogens (tertiary/aromatic N) is 1.